The van der Waals surface area contributed by atoms with Crippen LogP contribution in [0.5, 0.6) is 0 Å². The molecule has 1 aromatic heterocycles. The van der Waals surface area contributed by atoms with E-state index >= 15 is 0 Å². The van der Waals surface area contributed by atoms with Crippen LogP contribution >= 0.6 is 0 Å². The minimum atomic E-state index is -0.163. The third-order valence-electron chi connectivity index (χ3n) is 6.59. The number of amides is 1. The highest BCUT2D eigenvalue weighted by Gasteiger charge is 2.42. The Hall–Kier alpha value is -2.34. The van der Waals surface area contributed by atoms with Gasteiger partial charge in [0, 0.05) is 26.2 Å². The number of hydrogen-bond donors (Lipinski definition) is 0. The van der Waals surface area contributed by atoms with Crippen molar-refractivity contribution in [2.24, 2.45) is 11.8 Å². The van der Waals surface area contributed by atoms with Crippen molar-refractivity contribution in [3.63, 3.8) is 0 Å². The Morgan fingerprint density at radius 1 is 1.14 bits per heavy atom. The average molecular weight is 397 g/mol. The standard InChI is InChI=1S/C23H29FN4O/c1-15(18-5-4-6-21(24)9-18)7-8-27-10-19-12-28(13-20(19)11-27)23(29)22-16(2)25-14-26-17(22)3/h4-6,9,14-15,19-20H,7-8,10-13H2,1-3H3/t15-,19?,20?/m0/s1. The minimum absolute atomic E-state index is 0.0706. The highest BCUT2D eigenvalue weighted by atomic mass is 19.1. The van der Waals surface area contributed by atoms with E-state index in [-0.39, 0.29) is 11.7 Å². The molecule has 5 nitrogen and oxygen atoms in total. The normalized spacial score (nSPS) is 22.7. The van der Waals surface area contributed by atoms with Crippen LogP contribution in [0.15, 0.2) is 30.6 Å². The fraction of sp³-hybridized carbons (Fsp3) is 0.522. The number of benzene rings is 1. The second-order valence-corrected chi connectivity index (χ2v) is 8.65. The molecule has 6 heteroatoms. The smallest absolute Gasteiger partial charge is 0.257 e. The van der Waals surface area contributed by atoms with Gasteiger partial charge in [0.25, 0.3) is 5.91 Å². The molecule has 0 radical (unpaired) electrons. The molecule has 3 heterocycles. The maximum Gasteiger partial charge on any atom is 0.257 e. The van der Waals surface area contributed by atoms with E-state index in [9.17, 15) is 9.18 Å². The van der Waals surface area contributed by atoms with Gasteiger partial charge in [-0.05, 0) is 62.3 Å². The van der Waals surface area contributed by atoms with Crippen molar-refractivity contribution in [2.45, 2.75) is 33.1 Å². The third-order valence-corrected chi connectivity index (χ3v) is 6.59. The summed E-state index contributed by atoms with van der Waals surface area (Å²) in [6, 6.07) is 6.93. The summed E-state index contributed by atoms with van der Waals surface area (Å²) in [7, 11) is 0. The molecule has 1 amide bonds. The van der Waals surface area contributed by atoms with Crippen LogP contribution in [-0.4, -0.2) is 58.4 Å². The topological polar surface area (TPSA) is 49.3 Å². The summed E-state index contributed by atoms with van der Waals surface area (Å²) < 4.78 is 13.4. The van der Waals surface area contributed by atoms with Gasteiger partial charge in [-0.1, -0.05) is 19.1 Å². The maximum atomic E-state index is 13.4. The van der Waals surface area contributed by atoms with Gasteiger partial charge >= 0.3 is 0 Å². The van der Waals surface area contributed by atoms with Gasteiger partial charge in [0.15, 0.2) is 0 Å². The second-order valence-electron chi connectivity index (χ2n) is 8.65. The fourth-order valence-corrected chi connectivity index (χ4v) is 4.86. The monoisotopic (exact) mass is 396 g/mol. The molecule has 0 bridgehead atoms. The van der Waals surface area contributed by atoms with E-state index in [1.165, 1.54) is 12.4 Å². The molecule has 29 heavy (non-hydrogen) atoms. The van der Waals surface area contributed by atoms with Crippen molar-refractivity contribution >= 4 is 5.91 Å². The van der Waals surface area contributed by atoms with Crippen LogP contribution in [0.2, 0.25) is 0 Å². The number of hydrogen-bond acceptors (Lipinski definition) is 4. The lowest BCUT2D eigenvalue weighted by atomic mass is 9.97. The van der Waals surface area contributed by atoms with Crippen molar-refractivity contribution in [1.29, 1.82) is 0 Å². The van der Waals surface area contributed by atoms with Crippen molar-refractivity contribution in [2.75, 3.05) is 32.7 Å². The molecule has 2 aliphatic rings. The molecule has 0 saturated carbocycles. The number of fused-ring (bicyclic) bond motifs is 1. The molecule has 1 aromatic carbocycles. The predicted octanol–water partition coefficient (Wildman–Crippen LogP) is 3.43. The second kappa shape index (κ2) is 8.19. The highest BCUT2D eigenvalue weighted by Crippen LogP contribution is 2.33. The largest absolute Gasteiger partial charge is 0.338 e. The van der Waals surface area contributed by atoms with E-state index in [1.54, 1.807) is 12.1 Å². The van der Waals surface area contributed by atoms with Crippen LogP contribution in [-0.2, 0) is 0 Å². The van der Waals surface area contributed by atoms with Gasteiger partial charge in [-0.15, -0.1) is 0 Å². The molecular formula is C23H29FN4O. The summed E-state index contributed by atoms with van der Waals surface area (Å²) in [5.41, 5.74) is 3.24. The van der Waals surface area contributed by atoms with Gasteiger partial charge in [-0.25, -0.2) is 14.4 Å². The summed E-state index contributed by atoms with van der Waals surface area (Å²) in [4.78, 5) is 25.9. The van der Waals surface area contributed by atoms with E-state index in [4.69, 9.17) is 0 Å². The van der Waals surface area contributed by atoms with Crippen molar-refractivity contribution in [3.8, 4) is 0 Å². The first kappa shape index (κ1) is 20.0. The van der Waals surface area contributed by atoms with Gasteiger partial charge < -0.3 is 9.80 Å². The molecule has 2 aliphatic heterocycles. The summed E-state index contributed by atoms with van der Waals surface area (Å²) in [5, 5.41) is 0. The number of likely N-dealkylation sites (tertiary alicyclic amines) is 2. The SMILES string of the molecule is Cc1ncnc(C)c1C(=O)N1CC2CN(CC[C@H](C)c3cccc(F)c3)CC2C1. The Bertz CT molecular complexity index is 868. The Balaban J connectivity index is 1.30. The lowest BCUT2D eigenvalue weighted by Gasteiger charge is -2.23. The Morgan fingerprint density at radius 2 is 1.79 bits per heavy atom. The number of nitrogens with zero attached hydrogens (tertiary/aromatic N) is 4. The zero-order chi connectivity index (χ0) is 20.5. The quantitative estimate of drug-likeness (QED) is 0.777. The van der Waals surface area contributed by atoms with Crippen molar-refractivity contribution < 1.29 is 9.18 Å². The van der Waals surface area contributed by atoms with Gasteiger partial charge in [0.1, 0.15) is 12.1 Å². The lowest BCUT2D eigenvalue weighted by Crippen LogP contribution is -2.34. The molecule has 2 unspecified atom stereocenters. The zero-order valence-corrected chi connectivity index (χ0v) is 17.4. The molecule has 0 N–H and O–H groups in total. The molecule has 2 aromatic rings. The summed E-state index contributed by atoms with van der Waals surface area (Å²) in [5.74, 6) is 1.32. The fourth-order valence-electron chi connectivity index (χ4n) is 4.86. The molecule has 2 saturated heterocycles. The van der Waals surface area contributed by atoms with Crippen molar-refractivity contribution in [3.05, 3.63) is 58.9 Å². The maximum absolute atomic E-state index is 13.4. The van der Waals surface area contributed by atoms with Gasteiger partial charge in [0.2, 0.25) is 0 Å². The van der Waals surface area contributed by atoms with Crippen LogP contribution in [0.25, 0.3) is 0 Å². The number of rotatable bonds is 5. The van der Waals surface area contributed by atoms with E-state index in [0.717, 1.165) is 56.1 Å². The first-order valence-corrected chi connectivity index (χ1v) is 10.5. The zero-order valence-electron chi connectivity index (χ0n) is 17.4. The van der Waals surface area contributed by atoms with E-state index < -0.39 is 0 Å². The van der Waals surface area contributed by atoms with E-state index in [0.29, 0.717) is 23.3 Å². The van der Waals surface area contributed by atoms with E-state index in [1.807, 2.05) is 24.8 Å². The minimum Gasteiger partial charge on any atom is -0.338 e. The average Bonchev–Trinajstić information content (AvgIpc) is 3.24. The molecule has 0 aliphatic carbocycles. The summed E-state index contributed by atoms with van der Waals surface area (Å²) in [6.45, 7) is 10.6. The Labute approximate surface area is 172 Å². The Morgan fingerprint density at radius 3 is 2.41 bits per heavy atom. The molecule has 154 valence electrons. The number of halogens is 1. The number of aromatic nitrogens is 2. The van der Waals surface area contributed by atoms with Gasteiger partial charge in [-0.3, -0.25) is 4.79 Å². The van der Waals surface area contributed by atoms with Crippen LogP contribution in [0.4, 0.5) is 4.39 Å². The van der Waals surface area contributed by atoms with Crippen LogP contribution < -0.4 is 0 Å². The highest BCUT2D eigenvalue weighted by molar-refractivity contribution is 5.96. The number of carbonyl (C=O) groups is 1. The van der Waals surface area contributed by atoms with E-state index in [2.05, 4.69) is 21.8 Å². The van der Waals surface area contributed by atoms with Crippen LogP contribution in [0.1, 0.15) is 46.6 Å². The molecule has 4 rings (SSSR count). The first-order chi connectivity index (χ1) is 13.9. The lowest BCUT2D eigenvalue weighted by molar-refractivity contribution is 0.0771. The predicted molar refractivity (Wildman–Crippen MR) is 110 cm³/mol. The third kappa shape index (κ3) is 4.17. The van der Waals surface area contributed by atoms with Crippen LogP contribution in [0.3, 0.4) is 0 Å². The number of aryl methyl sites for hydroxylation is 2. The molecule has 0 spiro atoms. The summed E-state index contributed by atoms with van der Waals surface area (Å²) in [6.07, 6.45) is 2.54. The molecular weight excluding hydrogens is 367 g/mol. The molecule has 3 atom stereocenters. The molecule has 2 fully saturated rings. The van der Waals surface area contributed by atoms with Gasteiger partial charge in [-0.2, -0.15) is 0 Å². The van der Waals surface area contributed by atoms with Gasteiger partial charge in [0.05, 0.1) is 17.0 Å². The van der Waals surface area contributed by atoms with Crippen molar-refractivity contribution in [1.82, 2.24) is 19.8 Å². The van der Waals surface area contributed by atoms with Crippen LogP contribution in [0, 0.1) is 31.5 Å². The summed E-state index contributed by atoms with van der Waals surface area (Å²) >= 11 is 0. The first-order valence-electron chi connectivity index (χ1n) is 10.5. The number of carbonyl (C=O) groups excluding carboxylic acids is 1. The Kier molecular flexibility index (Phi) is 5.63.